The van der Waals surface area contributed by atoms with Crippen molar-refractivity contribution in [3.05, 3.63) is 54.0 Å². The molecule has 0 bridgehead atoms. The van der Waals surface area contributed by atoms with Crippen molar-refractivity contribution < 1.29 is 4.42 Å². The van der Waals surface area contributed by atoms with E-state index in [-0.39, 0.29) is 0 Å². The second-order valence-corrected chi connectivity index (χ2v) is 5.09. The number of nitrogens with one attached hydrogen (secondary N) is 1. The Morgan fingerprint density at radius 2 is 2.18 bits per heavy atom. The van der Waals surface area contributed by atoms with Crippen LogP contribution in [0.4, 0.5) is 0 Å². The summed E-state index contributed by atoms with van der Waals surface area (Å²) in [4.78, 5) is 1.34. The highest BCUT2D eigenvalue weighted by atomic mass is 32.2. The van der Waals surface area contributed by atoms with E-state index in [1.165, 1.54) is 10.5 Å². The van der Waals surface area contributed by atoms with Gasteiger partial charge < -0.3 is 9.73 Å². The fourth-order valence-corrected chi connectivity index (χ4v) is 2.50. The quantitative estimate of drug-likeness (QED) is 0.625. The summed E-state index contributed by atoms with van der Waals surface area (Å²) < 4.78 is 5.24. The summed E-state index contributed by atoms with van der Waals surface area (Å²) in [6, 6.07) is 12.5. The Labute approximate surface area is 106 Å². The lowest BCUT2D eigenvalue weighted by Crippen LogP contribution is -2.15. The van der Waals surface area contributed by atoms with Crippen LogP contribution in [0.1, 0.15) is 11.3 Å². The largest absolute Gasteiger partial charge is 0.468 e. The lowest BCUT2D eigenvalue weighted by atomic mass is 10.2. The van der Waals surface area contributed by atoms with Crippen LogP contribution in [0.25, 0.3) is 0 Å². The van der Waals surface area contributed by atoms with E-state index in [1.807, 2.05) is 23.9 Å². The van der Waals surface area contributed by atoms with Crippen molar-refractivity contribution in [1.29, 1.82) is 0 Å². The summed E-state index contributed by atoms with van der Waals surface area (Å²) in [5.41, 5.74) is 1.32. The van der Waals surface area contributed by atoms with Crippen LogP contribution in [0.2, 0.25) is 0 Å². The minimum Gasteiger partial charge on any atom is -0.468 e. The normalized spacial score (nSPS) is 10.6. The molecule has 2 nitrogen and oxygen atoms in total. The summed E-state index contributed by atoms with van der Waals surface area (Å²) in [5.74, 6) is 2.06. The Bertz CT molecular complexity index is 439. The molecule has 0 saturated carbocycles. The Morgan fingerprint density at radius 1 is 1.24 bits per heavy atom. The minimum atomic E-state index is 0.807. The van der Waals surface area contributed by atoms with E-state index in [0.717, 1.165) is 24.6 Å². The maximum Gasteiger partial charge on any atom is 0.117 e. The molecule has 1 N–H and O–H groups in total. The lowest BCUT2D eigenvalue weighted by molar-refractivity contribution is 0.488. The molecule has 0 saturated heterocycles. The second-order valence-electron chi connectivity index (χ2n) is 3.92. The van der Waals surface area contributed by atoms with Gasteiger partial charge in [-0.2, -0.15) is 0 Å². The zero-order valence-electron chi connectivity index (χ0n) is 9.98. The van der Waals surface area contributed by atoms with Gasteiger partial charge in [-0.25, -0.2) is 0 Å². The van der Waals surface area contributed by atoms with E-state index >= 15 is 0 Å². The number of benzene rings is 1. The molecular formula is C14H17NOS. The Morgan fingerprint density at radius 3 is 2.94 bits per heavy atom. The van der Waals surface area contributed by atoms with Crippen LogP contribution in [0.5, 0.6) is 0 Å². The van der Waals surface area contributed by atoms with Crippen LogP contribution < -0.4 is 5.32 Å². The van der Waals surface area contributed by atoms with Crippen LogP contribution in [0.3, 0.4) is 0 Å². The Hall–Kier alpha value is -1.19. The van der Waals surface area contributed by atoms with Gasteiger partial charge in [0.25, 0.3) is 0 Å². The molecule has 2 rings (SSSR count). The summed E-state index contributed by atoms with van der Waals surface area (Å²) in [6.45, 7) is 3.92. The van der Waals surface area contributed by atoms with Gasteiger partial charge in [0, 0.05) is 17.2 Å². The van der Waals surface area contributed by atoms with Gasteiger partial charge in [0.15, 0.2) is 0 Å². The van der Waals surface area contributed by atoms with Crippen molar-refractivity contribution in [1.82, 2.24) is 5.32 Å². The van der Waals surface area contributed by atoms with E-state index in [0.29, 0.717) is 0 Å². The molecule has 1 aromatic carbocycles. The summed E-state index contributed by atoms with van der Waals surface area (Å²) >= 11 is 1.88. The molecule has 2 aromatic rings. The third-order valence-electron chi connectivity index (χ3n) is 2.42. The van der Waals surface area contributed by atoms with Crippen LogP contribution in [-0.4, -0.2) is 12.3 Å². The van der Waals surface area contributed by atoms with E-state index in [1.54, 1.807) is 6.26 Å². The maximum absolute atomic E-state index is 5.24. The van der Waals surface area contributed by atoms with Crippen molar-refractivity contribution in [3.8, 4) is 0 Å². The fourth-order valence-electron chi connectivity index (χ4n) is 1.57. The average molecular weight is 247 g/mol. The third-order valence-corrected chi connectivity index (χ3v) is 3.41. The van der Waals surface area contributed by atoms with Crippen LogP contribution in [-0.2, 0) is 6.54 Å². The summed E-state index contributed by atoms with van der Waals surface area (Å²) in [6.07, 6.45) is 1.71. The van der Waals surface area contributed by atoms with Gasteiger partial charge in [0.2, 0.25) is 0 Å². The molecule has 1 heterocycles. The lowest BCUT2D eigenvalue weighted by Gasteiger charge is -2.04. The van der Waals surface area contributed by atoms with Crippen molar-refractivity contribution in [2.24, 2.45) is 0 Å². The number of hydrogen-bond acceptors (Lipinski definition) is 3. The van der Waals surface area contributed by atoms with Crippen molar-refractivity contribution in [3.63, 3.8) is 0 Å². The minimum absolute atomic E-state index is 0.807. The first kappa shape index (κ1) is 12.3. The number of aryl methyl sites for hydroxylation is 1. The molecule has 0 unspecified atom stereocenters. The topological polar surface area (TPSA) is 25.2 Å². The Kier molecular flexibility index (Phi) is 4.71. The highest BCUT2D eigenvalue weighted by Gasteiger charge is 1.96. The smallest absolute Gasteiger partial charge is 0.117 e. The van der Waals surface area contributed by atoms with Gasteiger partial charge in [0.05, 0.1) is 12.8 Å². The van der Waals surface area contributed by atoms with Crippen molar-refractivity contribution >= 4 is 11.8 Å². The van der Waals surface area contributed by atoms with E-state index < -0.39 is 0 Å². The first-order chi connectivity index (χ1) is 8.34. The SMILES string of the molecule is Cc1cccc(SCCNCc2ccco2)c1. The molecule has 0 aliphatic carbocycles. The number of hydrogen-bond donors (Lipinski definition) is 1. The third kappa shape index (κ3) is 4.29. The summed E-state index contributed by atoms with van der Waals surface area (Å²) in [5, 5.41) is 3.36. The predicted octanol–water partition coefficient (Wildman–Crippen LogP) is 3.47. The Balaban J connectivity index is 1.63. The van der Waals surface area contributed by atoms with Gasteiger partial charge in [0.1, 0.15) is 5.76 Å². The van der Waals surface area contributed by atoms with E-state index in [2.05, 4.69) is 36.5 Å². The molecule has 0 spiro atoms. The second kappa shape index (κ2) is 6.52. The van der Waals surface area contributed by atoms with Crippen LogP contribution in [0, 0.1) is 6.92 Å². The van der Waals surface area contributed by atoms with Gasteiger partial charge in [-0.1, -0.05) is 17.7 Å². The molecule has 0 aliphatic heterocycles. The van der Waals surface area contributed by atoms with Gasteiger partial charge in [-0.15, -0.1) is 11.8 Å². The number of furan rings is 1. The fraction of sp³-hybridized carbons (Fsp3) is 0.286. The average Bonchev–Trinajstić information content (AvgIpc) is 2.82. The molecule has 1 aromatic heterocycles. The van der Waals surface area contributed by atoms with Crippen LogP contribution in [0.15, 0.2) is 52.0 Å². The highest BCUT2D eigenvalue weighted by molar-refractivity contribution is 7.99. The van der Waals surface area contributed by atoms with Gasteiger partial charge in [-0.05, 0) is 31.2 Å². The molecular weight excluding hydrogens is 230 g/mol. The zero-order chi connectivity index (χ0) is 11.9. The van der Waals surface area contributed by atoms with E-state index in [9.17, 15) is 0 Å². The molecule has 0 amide bonds. The molecule has 90 valence electrons. The highest BCUT2D eigenvalue weighted by Crippen LogP contribution is 2.18. The van der Waals surface area contributed by atoms with Crippen molar-refractivity contribution in [2.75, 3.05) is 12.3 Å². The van der Waals surface area contributed by atoms with Crippen LogP contribution >= 0.6 is 11.8 Å². The monoisotopic (exact) mass is 247 g/mol. The molecule has 17 heavy (non-hydrogen) atoms. The molecule has 0 atom stereocenters. The van der Waals surface area contributed by atoms with Gasteiger partial charge in [-0.3, -0.25) is 0 Å². The van der Waals surface area contributed by atoms with Gasteiger partial charge >= 0.3 is 0 Å². The first-order valence-electron chi connectivity index (χ1n) is 5.77. The molecule has 0 aliphatic rings. The maximum atomic E-state index is 5.24. The molecule has 0 radical (unpaired) electrons. The molecule has 3 heteroatoms. The summed E-state index contributed by atoms with van der Waals surface area (Å²) in [7, 11) is 0. The first-order valence-corrected chi connectivity index (χ1v) is 6.76. The van der Waals surface area contributed by atoms with E-state index in [4.69, 9.17) is 4.42 Å². The standard InChI is InChI=1S/C14H17NOS/c1-12-4-2-6-14(10-12)17-9-7-15-11-13-5-3-8-16-13/h2-6,8,10,15H,7,9,11H2,1H3. The number of rotatable bonds is 6. The van der Waals surface area contributed by atoms with Crippen molar-refractivity contribution in [2.45, 2.75) is 18.4 Å². The number of thioether (sulfide) groups is 1. The zero-order valence-corrected chi connectivity index (χ0v) is 10.8. The predicted molar refractivity (Wildman–Crippen MR) is 72.3 cm³/mol. The molecule has 0 fully saturated rings.